The van der Waals surface area contributed by atoms with Crippen LogP contribution in [0.2, 0.25) is 0 Å². The van der Waals surface area contributed by atoms with Gasteiger partial charge in [0.15, 0.2) is 0 Å². The largest absolute Gasteiger partial charge is 0.253 e. The van der Waals surface area contributed by atoms with Crippen molar-refractivity contribution in [3.63, 3.8) is 0 Å². The summed E-state index contributed by atoms with van der Waals surface area (Å²) in [4.78, 5) is 8.24. The maximum Gasteiger partial charge on any atom is 0.0886 e. The van der Waals surface area contributed by atoms with Crippen molar-refractivity contribution in [2.45, 2.75) is 51.9 Å². The van der Waals surface area contributed by atoms with E-state index in [1.165, 1.54) is 17.2 Å². The van der Waals surface area contributed by atoms with Crippen LogP contribution in [0.3, 0.4) is 0 Å². The fraction of sp³-hybridized carbons (Fsp3) is 0.556. The van der Waals surface area contributed by atoms with Gasteiger partial charge in [0, 0.05) is 12.4 Å². The van der Waals surface area contributed by atoms with Crippen molar-refractivity contribution in [2.24, 2.45) is 0 Å². The lowest BCUT2D eigenvalue weighted by molar-refractivity contribution is 0.797. The lowest BCUT2D eigenvalue weighted by Gasteiger charge is -2.11. The van der Waals surface area contributed by atoms with Crippen LogP contribution in [-0.2, 0) is 0 Å². The summed E-state index contributed by atoms with van der Waals surface area (Å²) in [5, 5.41) is 1.03. The van der Waals surface area contributed by atoms with Gasteiger partial charge in [-0.3, -0.25) is 9.97 Å². The van der Waals surface area contributed by atoms with Crippen LogP contribution in [0.5, 0.6) is 0 Å². The Balaban J connectivity index is 0.000000324. The summed E-state index contributed by atoms with van der Waals surface area (Å²) in [6.07, 6.45) is 3.39. The van der Waals surface area contributed by atoms with Crippen molar-refractivity contribution in [1.82, 2.24) is 9.97 Å². The standard InChI is InChI=1S/C8H6N2.2C5H12P/c1-2-4-8-7(3-1)9-5-6-10-8;2*1-5(2,3)6-4/h1-6H;2*1-4H3. The second-order valence-corrected chi connectivity index (χ2v) is 10.4. The molecule has 2 radical (unpaired) electrons. The van der Waals surface area contributed by atoms with E-state index >= 15 is 0 Å². The van der Waals surface area contributed by atoms with Gasteiger partial charge in [0.2, 0.25) is 0 Å². The Kier molecular flexibility index (Phi) is 9.97. The highest BCUT2D eigenvalue weighted by Crippen LogP contribution is 2.25. The second kappa shape index (κ2) is 10.2. The Morgan fingerprint density at radius 2 is 0.955 bits per heavy atom. The van der Waals surface area contributed by atoms with Crippen molar-refractivity contribution in [3.05, 3.63) is 36.7 Å². The minimum Gasteiger partial charge on any atom is -0.253 e. The first-order valence-electron chi connectivity index (χ1n) is 7.47. The first-order chi connectivity index (χ1) is 10.1. The van der Waals surface area contributed by atoms with E-state index in [9.17, 15) is 0 Å². The molecule has 1 heterocycles. The summed E-state index contributed by atoms with van der Waals surface area (Å²) in [7, 11) is 2.95. The maximum atomic E-state index is 4.12. The molecule has 0 saturated heterocycles. The lowest BCUT2D eigenvalue weighted by atomic mass is 10.3. The van der Waals surface area contributed by atoms with Gasteiger partial charge in [-0.05, 0) is 35.8 Å². The van der Waals surface area contributed by atoms with Crippen molar-refractivity contribution in [1.29, 1.82) is 0 Å². The van der Waals surface area contributed by atoms with E-state index in [2.05, 4.69) is 64.8 Å². The van der Waals surface area contributed by atoms with Gasteiger partial charge in [-0.1, -0.05) is 70.8 Å². The number of fused-ring (bicyclic) bond motifs is 1. The van der Waals surface area contributed by atoms with E-state index in [0.717, 1.165) is 11.0 Å². The first-order valence-corrected chi connectivity index (χ1v) is 10.1. The summed E-state index contributed by atoms with van der Waals surface area (Å²) in [6, 6.07) is 7.80. The Morgan fingerprint density at radius 3 is 1.18 bits per heavy atom. The quantitative estimate of drug-likeness (QED) is 0.524. The Bertz CT molecular complexity index is 449. The Hall–Kier alpha value is -0.580. The molecule has 0 bridgehead atoms. The molecular weight excluding hydrogens is 306 g/mol. The SMILES string of the molecule is C[P]C(C)(C)C.C[P]C(C)(C)C.c1ccc2nccnc2c1. The molecule has 0 fully saturated rings. The highest BCUT2D eigenvalue weighted by atomic mass is 31.1. The zero-order chi connectivity index (χ0) is 17.2. The highest BCUT2D eigenvalue weighted by Gasteiger charge is 2.04. The van der Waals surface area contributed by atoms with Crippen LogP contribution in [0, 0.1) is 0 Å². The van der Waals surface area contributed by atoms with Crippen LogP contribution < -0.4 is 0 Å². The number of hydrogen-bond donors (Lipinski definition) is 0. The van der Waals surface area contributed by atoms with E-state index in [1.54, 1.807) is 12.4 Å². The number of hydrogen-bond acceptors (Lipinski definition) is 2. The summed E-state index contributed by atoms with van der Waals surface area (Å²) >= 11 is 0. The van der Waals surface area contributed by atoms with Gasteiger partial charge in [-0.2, -0.15) is 0 Å². The monoisotopic (exact) mass is 336 g/mol. The van der Waals surface area contributed by atoms with Gasteiger partial charge in [0.25, 0.3) is 0 Å². The van der Waals surface area contributed by atoms with E-state index in [0.29, 0.717) is 10.3 Å². The minimum absolute atomic E-state index is 0.514. The third-order valence-electron chi connectivity index (χ3n) is 2.72. The number of nitrogens with zero attached hydrogens (tertiary/aromatic N) is 2. The van der Waals surface area contributed by atoms with Crippen LogP contribution >= 0.6 is 17.2 Å². The van der Waals surface area contributed by atoms with Gasteiger partial charge < -0.3 is 0 Å². The third-order valence-corrected chi connectivity index (χ3v) is 5.40. The molecule has 2 nitrogen and oxygen atoms in total. The van der Waals surface area contributed by atoms with E-state index in [1.807, 2.05) is 24.3 Å². The zero-order valence-electron chi connectivity index (χ0n) is 15.3. The summed E-state index contributed by atoms with van der Waals surface area (Å²) < 4.78 is 0. The molecule has 0 saturated carbocycles. The average Bonchev–Trinajstić information content (AvgIpc) is 2.47. The molecule has 22 heavy (non-hydrogen) atoms. The third kappa shape index (κ3) is 12.0. The molecule has 1 aromatic carbocycles. The molecule has 0 amide bonds. The topological polar surface area (TPSA) is 25.8 Å². The summed E-state index contributed by atoms with van der Waals surface area (Å²) in [6.45, 7) is 17.7. The zero-order valence-corrected chi connectivity index (χ0v) is 17.0. The molecule has 0 aliphatic heterocycles. The van der Waals surface area contributed by atoms with Crippen LogP contribution in [0.4, 0.5) is 0 Å². The maximum absolute atomic E-state index is 4.12. The molecule has 4 heteroatoms. The molecule has 1 aromatic heterocycles. The Morgan fingerprint density at radius 1 is 0.682 bits per heavy atom. The molecule has 0 aliphatic carbocycles. The van der Waals surface area contributed by atoms with Gasteiger partial charge in [-0.15, -0.1) is 0 Å². The van der Waals surface area contributed by atoms with Crippen LogP contribution in [0.1, 0.15) is 41.5 Å². The molecule has 0 unspecified atom stereocenters. The smallest absolute Gasteiger partial charge is 0.0886 e. The highest BCUT2D eigenvalue weighted by molar-refractivity contribution is 7.39. The second-order valence-electron chi connectivity index (χ2n) is 6.83. The van der Waals surface area contributed by atoms with Crippen LogP contribution in [0.15, 0.2) is 36.7 Å². The normalized spacial score (nSPS) is 12.2. The van der Waals surface area contributed by atoms with Crippen LogP contribution in [0.25, 0.3) is 11.0 Å². The number of para-hydroxylation sites is 2. The molecule has 0 N–H and O–H groups in total. The average molecular weight is 336 g/mol. The number of aromatic nitrogens is 2. The molecule has 0 spiro atoms. The van der Waals surface area contributed by atoms with Crippen molar-refractivity contribution in [3.8, 4) is 0 Å². The molecule has 122 valence electrons. The molecule has 2 rings (SSSR count). The molecule has 0 atom stereocenters. The van der Waals surface area contributed by atoms with Crippen molar-refractivity contribution in [2.75, 3.05) is 13.3 Å². The van der Waals surface area contributed by atoms with E-state index < -0.39 is 0 Å². The summed E-state index contributed by atoms with van der Waals surface area (Å²) in [5.41, 5.74) is 1.90. The fourth-order valence-electron chi connectivity index (χ4n) is 0.910. The predicted octanol–water partition coefficient (Wildman–Crippen LogP) is 6.35. The Labute approximate surface area is 140 Å². The molecule has 0 aliphatic rings. The van der Waals surface area contributed by atoms with Crippen molar-refractivity contribution >= 4 is 28.2 Å². The van der Waals surface area contributed by atoms with Gasteiger partial charge in [0.1, 0.15) is 0 Å². The summed E-state index contributed by atoms with van der Waals surface area (Å²) in [5.74, 6) is 0. The lowest BCUT2D eigenvalue weighted by Crippen LogP contribution is -2.02. The van der Waals surface area contributed by atoms with E-state index in [-0.39, 0.29) is 0 Å². The van der Waals surface area contributed by atoms with Gasteiger partial charge >= 0.3 is 0 Å². The number of rotatable bonds is 0. The number of benzene rings is 1. The first kappa shape index (κ1) is 21.4. The minimum atomic E-state index is 0.514. The molecule has 2 aromatic rings. The fourth-order valence-corrected chi connectivity index (χ4v) is 0.910. The van der Waals surface area contributed by atoms with Gasteiger partial charge in [-0.25, -0.2) is 0 Å². The predicted molar refractivity (Wildman–Crippen MR) is 105 cm³/mol. The van der Waals surface area contributed by atoms with Crippen LogP contribution in [-0.4, -0.2) is 33.6 Å². The van der Waals surface area contributed by atoms with Crippen molar-refractivity contribution < 1.29 is 0 Å². The van der Waals surface area contributed by atoms with Gasteiger partial charge in [0.05, 0.1) is 11.0 Å². The molecular formula is C18H30N2P2. The van der Waals surface area contributed by atoms with E-state index in [4.69, 9.17) is 0 Å².